The molecule has 152 valence electrons. The summed E-state index contributed by atoms with van der Waals surface area (Å²) in [5.41, 5.74) is 3.80. The van der Waals surface area contributed by atoms with E-state index in [9.17, 15) is 15.2 Å². The molecule has 0 radical (unpaired) electrons. The molecule has 0 aliphatic carbocycles. The van der Waals surface area contributed by atoms with Gasteiger partial charge in [-0.2, -0.15) is 0 Å². The lowest BCUT2D eigenvalue weighted by Crippen LogP contribution is -2.32. The second-order valence-electron chi connectivity index (χ2n) is 7.27. The van der Waals surface area contributed by atoms with Crippen LogP contribution in [-0.4, -0.2) is 56.3 Å². The van der Waals surface area contributed by atoms with E-state index in [1.807, 2.05) is 25.3 Å². The van der Waals surface area contributed by atoms with Crippen molar-refractivity contribution in [2.75, 3.05) is 18.4 Å². The van der Waals surface area contributed by atoms with Crippen LogP contribution >= 0.6 is 12.4 Å². The minimum Gasteiger partial charge on any atom is -0.423 e. The summed E-state index contributed by atoms with van der Waals surface area (Å²) in [6.45, 7) is 4.20. The Balaban J connectivity index is 0.00000240. The van der Waals surface area contributed by atoms with Crippen LogP contribution in [0.25, 0.3) is 10.9 Å². The van der Waals surface area contributed by atoms with Gasteiger partial charge in [-0.25, -0.2) is 4.98 Å². The summed E-state index contributed by atoms with van der Waals surface area (Å²) in [5, 5.41) is 33.0. The maximum Gasteiger partial charge on any atom is 0.488 e. The Labute approximate surface area is 176 Å². The number of nitrogens with zero attached hydrogens (tertiary/aromatic N) is 3. The zero-order chi connectivity index (χ0) is 19.7. The molecule has 0 bridgehead atoms. The molecule has 1 unspecified atom stereocenters. The van der Waals surface area contributed by atoms with Gasteiger partial charge in [0.1, 0.15) is 5.52 Å². The highest BCUT2D eigenvalue weighted by Gasteiger charge is 2.20. The van der Waals surface area contributed by atoms with Gasteiger partial charge in [0.15, 0.2) is 5.82 Å². The molecule has 1 saturated heterocycles. The van der Waals surface area contributed by atoms with Crippen LogP contribution in [0.15, 0.2) is 42.7 Å². The van der Waals surface area contributed by atoms with Crippen LogP contribution in [0.2, 0.25) is 0 Å². The molecule has 29 heavy (non-hydrogen) atoms. The molecule has 4 rings (SSSR count). The van der Waals surface area contributed by atoms with Crippen molar-refractivity contribution in [1.82, 2.24) is 14.9 Å². The number of aliphatic hydroxyl groups excluding tert-OH is 1. The predicted octanol–water partition coefficient (Wildman–Crippen LogP) is 1.35. The molecule has 9 heteroatoms. The van der Waals surface area contributed by atoms with Gasteiger partial charge in [0.2, 0.25) is 0 Å². The van der Waals surface area contributed by atoms with Gasteiger partial charge in [-0.3, -0.25) is 9.88 Å². The van der Waals surface area contributed by atoms with Crippen LogP contribution in [0.5, 0.6) is 0 Å². The van der Waals surface area contributed by atoms with Crippen LogP contribution in [0.4, 0.5) is 11.5 Å². The molecule has 1 aliphatic heterocycles. The standard InChI is InChI=1S/C20H23BN4O3.ClH/c1-13-17(21(27)28)3-2-4-18(13)24-20-19-15(5-7-22-20)9-14(10-23-19)11-25-8-6-16(26)12-25;/h2-5,7,9-10,16,26-28H,6,8,11-12H2,1H3,(H,22,24);1H. The first-order valence-corrected chi connectivity index (χ1v) is 9.38. The Hall–Kier alpha value is -2.23. The summed E-state index contributed by atoms with van der Waals surface area (Å²) in [4.78, 5) is 11.3. The molecule has 1 aliphatic rings. The molecule has 4 N–H and O–H groups in total. The third-order valence-corrected chi connectivity index (χ3v) is 5.22. The second-order valence-corrected chi connectivity index (χ2v) is 7.27. The normalized spacial score (nSPS) is 16.6. The van der Waals surface area contributed by atoms with Gasteiger partial charge in [-0.05, 0) is 48.1 Å². The lowest BCUT2D eigenvalue weighted by Gasteiger charge is -2.16. The van der Waals surface area contributed by atoms with Crippen molar-refractivity contribution in [2.45, 2.75) is 26.0 Å². The van der Waals surface area contributed by atoms with E-state index in [1.54, 1.807) is 18.3 Å². The maximum absolute atomic E-state index is 9.70. The van der Waals surface area contributed by atoms with Crippen molar-refractivity contribution >= 4 is 47.4 Å². The fraction of sp³-hybridized carbons (Fsp3) is 0.300. The van der Waals surface area contributed by atoms with Gasteiger partial charge in [0.05, 0.1) is 6.10 Å². The van der Waals surface area contributed by atoms with E-state index >= 15 is 0 Å². The first kappa shape index (κ1) is 21.5. The number of hydrogen-bond donors (Lipinski definition) is 4. The topological polar surface area (TPSA) is 102 Å². The molecule has 1 aromatic carbocycles. The number of aromatic nitrogens is 2. The average molecular weight is 415 g/mol. The summed E-state index contributed by atoms with van der Waals surface area (Å²) in [7, 11) is -1.52. The summed E-state index contributed by atoms with van der Waals surface area (Å²) in [5.74, 6) is 0.619. The summed E-state index contributed by atoms with van der Waals surface area (Å²) in [6.07, 6.45) is 4.17. The number of pyridine rings is 2. The fourth-order valence-electron chi connectivity index (χ4n) is 3.69. The fourth-order valence-corrected chi connectivity index (χ4v) is 3.69. The summed E-state index contributed by atoms with van der Waals surface area (Å²) in [6, 6.07) is 9.35. The van der Waals surface area contributed by atoms with Crippen LogP contribution in [0, 0.1) is 6.92 Å². The van der Waals surface area contributed by atoms with E-state index in [-0.39, 0.29) is 18.5 Å². The van der Waals surface area contributed by atoms with Gasteiger partial charge in [0.25, 0.3) is 0 Å². The lowest BCUT2D eigenvalue weighted by molar-refractivity contribution is 0.175. The number of benzene rings is 1. The number of fused-ring (bicyclic) bond motifs is 1. The molecule has 7 nitrogen and oxygen atoms in total. The Bertz CT molecular complexity index is 1000. The summed E-state index contributed by atoms with van der Waals surface area (Å²) >= 11 is 0. The zero-order valence-electron chi connectivity index (χ0n) is 16.1. The zero-order valence-corrected chi connectivity index (χ0v) is 16.9. The molecule has 1 fully saturated rings. The summed E-state index contributed by atoms with van der Waals surface area (Å²) < 4.78 is 0. The Morgan fingerprint density at radius 2 is 2.07 bits per heavy atom. The van der Waals surface area contributed by atoms with Crippen molar-refractivity contribution < 1.29 is 15.2 Å². The molecule has 0 amide bonds. The second kappa shape index (κ2) is 9.07. The van der Waals surface area contributed by atoms with Crippen molar-refractivity contribution in [2.24, 2.45) is 0 Å². The van der Waals surface area contributed by atoms with Crippen molar-refractivity contribution in [1.29, 1.82) is 0 Å². The quantitative estimate of drug-likeness (QED) is 0.467. The molecular formula is C20H24BClN4O3. The highest BCUT2D eigenvalue weighted by atomic mass is 35.5. The minimum atomic E-state index is -1.52. The van der Waals surface area contributed by atoms with Gasteiger partial charge in [-0.1, -0.05) is 12.1 Å². The molecule has 1 atom stereocenters. The van der Waals surface area contributed by atoms with Gasteiger partial charge in [0, 0.05) is 43.1 Å². The first-order chi connectivity index (χ1) is 13.5. The average Bonchev–Trinajstić information content (AvgIpc) is 3.08. The van der Waals surface area contributed by atoms with Crippen LogP contribution < -0.4 is 10.8 Å². The number of hydrogen-bond acceptors (Lipinski definition) is 7. The third-order valence-electron chi connectivity index (χ3n) is 5.22. The Kier molecular flexibility index (Phi) is 6.72. The van der Waals surface area contributed by atoms with Crippen LogP contribution in [0.3, 0.4) is 0 Å². The monoisotopic (exact) mass is 414 g/mol. The minimum absolute atomic E-state index is 0. The predicted molar refractivity (Wildman–Crippen MR) is 117 cm³/mol. The van der Waals surface area contributed by atoms with E-state index in [0.29, 0.717) is 17.8 Å². The number of rotatable bonds is 5. The Morgan fingerprint density at radius 1 is 1.24 bits per heavy atom. The van der Waals surface area contributed by atoms with Gasteiger partial charge in [-0.15, -0.1) is 12.4 Å². The number of β-amino-alcohol motifs (C(OH)–C–C–N with tert-alkyl or cyclic N) is 1. The largest absolute Gasteiger partial charge is 0.488 e. The molecule has 3 heterocycles. The highest BCUT2D eigenvalue weighted by molar-refractivity contribution is 6.59. The number of likely N-dealkylation sites (tertiary alicyclic amines) is 1. The van der Waals surface area contributed by atoms with Gasteiger partial charge < -0.3 is 20.5 Å². The number of nitrogens with one attached hydrogen (secondary N) is 1. The van der Waals surface area contributed by atoms with E-state index in [4.69, 9.17) is 0 Å². The number of anilines is 2. The lowest BCUT2D eigenvalue weighted by atomic mass is 9.77. The van der Waals surface area contributed by atoms with E-state index in [0.717, 1.165) is 47.2 Å². The van der Waals surface area contributed by atoms with Crippen molar-refractivity contribution in [3.8, 4) is 0 Å². The number of aliphatic hydroxyl groups is 1. The van der Waals surface area contributed by atoms with Crippen molar-refractivity contribution in [3.05, 3.63) is 53.9 Å². The third kappa shape index (κ3) is 4.68. The molecule has 2 aromatic heterocycles. The molecule has 0 spiro atoms. The smallest absolute Gasteiger partial charge is 0.423 e. The SMILES string of the molecule is Cc1c(Nc2nccc3cc(CN4CCC(O)C4)cnc23)cccc1B(O)O.Cl. The Morgan fingerprint density at radius 3 is 2.79 bits per heavy atom. The van der Waals surface area contributed by atoms with Crippen LogP contribution in [0.1, 0.15) is 17.5 Å². The molecule has 0 saturated carbocycles. The molecular weight excluding hydrogens is 391 g/mol. The van der Waals surface area contributed by atoms with Gasteiger partial charge >= 0.3 is 7.12 Å². The van der Waals surface area contributed by atoms with Crippen LogP contribution in [-0.2, 0) is 6.54 Å². The molecule has 3 aromatic rings. The van der Waals surface area contributed by atoms with E-state index < -0.39 is 7.12 Å². The van der Waals surface area contributed by atoms with E-state index in [2.05, 4.69) is 26.3 Å². The van der Waals surface area contributed by atoms with E-state index in [1.165, 1.54) is 0 Å². The first-order valence-electron chi connectivity index (χ1n) is 9.38. The maximum atomic E-state index is 9.70. The highest BCUT2D eigenvalue weighted by Crippen LogP contribution is 2.25. The van der Waals surface area contributed by atoms with Crippen molar-refractivity contribution in [3.63, 3.8) is 0 Å². The number of halogens is 1.